The molecule has 0 radical (unpaired) electrons. The van der Waals surface area contributed by atoms with Gasteiger partial charge in [-0.1, -0.05) is 140 Å². The Kier molecular flexibility index (Phi) is 6.15. The van der Waals surface area contributed by atoms with E-state index in [1.54, 1.807) is 0 Å². The van der Waals surface area contributed by atoms with Crippen LogP contribution in [0.15, 0.2) is 168 Å². The monoisotopic (exact) mass is 625 g/mol. The Morgan fingerprint density at radius 1 is 0.327 bits per heavy atom. The summed E-state index contributed by atoms with van der Waals surface area (Å²) in [7, 11) is 0. The van der Waals surface area contributed by atoms with Gasteiger partial charge in [0.05, 0.1) is 0 Å². The summed E-state index contributed by atoms with van der Waals surface area (Å²) in [6.07, 6.45) is 0. The number of rotatable bonds is 4. The number of hydrogen-bond donors (Lipinski definition) is 0. The van der Waals surface area contributed by atoms with Crippen molar-refractivity contribution in [2.75, 3.05) is 0 Å². The fraction of sp³-hybridized carbons (Fsp3) is 0. The fourth-order valence-electron chi connectivity index (χ4n) is 7.24. The summed E-state index contributed by atoms with van der Waals surface area (Å²) in [6, 6.07) is 57.0. The maximum absolute atomic E-state index is 6.23. The third-order valence-electron chi connectivity index (χ3n) is 9.49. The average Bonchev–Trinajstić information content (AvgIpc) is 3.57. The molecule has 2 heterocycles. The van der Waals surface area contributed by atoms with Crippen molar-refractivity contribution >= 4 is 54.3 Å². The molecule has 4 nitrogen and oxygen atoms in total. The molecule has 10 aromatic rings. The van der Waals surface area contributed by atoms with Gasteiger partial charge in [-0.15, -0.1) is 0 Å². The van der Waals surface area contributed by atoms with Crippen molar-refractivity contribution in [3.63, 3.8) is 0 Å². The Bertz CT molecular complexity index is 2890. The van der Waals surface area contributed by atoms with Crippen LogP contribution in [0.5, 0.6) is 0 Å². The number of para-hydroxylation sites is 1. The van der Waals surface area contributed by atoms with Gasteiger partial charge in [0, 0.05) is 27.5 Å². The van der Waals surface area contributed by atoms with E-state index in [1.165, 1.54) is 37.9 Å². The van der Waals surface area contributed by atoms with Crippen molar-refractivity contribution in [1.29, 1.82) is 0 Å². The van der Waals surface area contributed by atoms with Gasteiger partial charge >= 0.3 is 0 Å². The van der Waals surface area contributed by atoms with Gasteiger partial charge in [-0.2, -0.15) is 0 Å². The predicted molar refractivity (Wildman–Crippen MR) is 201 cm³/mol. The fourth-order valence-corrected chi connectivity index (χ4v) is 7.24. The van der Waals surface area contributed by atoms with Gasteiger partial charge in [0.15, 0.2) is 17.5 Å². The van der Waals surface area contributed by atoms with E-state index >= 15 is 0 Å². The summed E-state index contributed by atoms with van der Waals surface area (Å²) in [4.78, 5) is 15.3. The third kappa shape index (κ3) is 4.49. The van der Waals surface area contributed by atoms with Crippen LogP contribution in [-0.2, 0) is 0 Å². The first-order valence-electron chi connectivity index (χ1n) is 16.4. The highest BCUT2D eigenvalue weighted by Crippen LogP contribution is 2.41. The summed E-state index contributed by atoms with van der Waals surface area (Å²) < 4.78 is 6.23. The van der Waals surface area contributed by atoms with Gasteiger partial charge < -0.3 is 4.42 Å². The van der Waals surface area contributed by atoms with Crippen molar-refractivity contribution < 1.29 is 4.42 Å². The van der Waals surface area contributed by atoms with Crippen LogP contribution in [0.4, 0.5) is 0 Å². The van der Waals surface area contributed by atoms with Crippen molar-refractivity contribution in [3.8, 4) is 45.3 Å². The number of hydrogen-bond acceptors (Lipinski definition) is 4. The Morgan fingerprint density at radius 2 is 0.959 bits per heavy atom. The van der Waals surface area contributed by atoms with Gasteiger partial charge in [-0.25, -0.2) is 15.0 Å². The van der Waals surface area contributed by atoms with Crippen LogP contribution in [0.2, 0.25) is 0 Å². The molecule has 0 bridgehead atoms. The Hall–Kier alpha value is -6.65. The average molecular weight is 626 g/mol. The van der Waals surface area contributed by atoms with Gasteiger partial charge in [0.2, 0.25) is 0 Å². The zero-order valence-corrected chi connectivity index (χ0v) is 26.3. The van der Waals surface area contributed by atoms with E-state index in [-0.39, 0.29) is 0 Å². The van der Waals surface area contributed by atoms with Crippen molar-refractivity contribution in [3.05, 3.63) is 164 Å². The van der Waals surface area contributed by atoms with E-state index < -0.39 is 0 Å². The van der Waals surface area contributed by atoms with Crippen LogP contribution in [0.25, 0.3) is 99.5 Å². The minimum atomic E-state index is 0.605. The largest absolute Gasteiger partial charge is 0.456 e. The maximum Gasteiger partial charge on any atom is 0.164 e. The molecule has 10 rings (SSSR count). The molecular weight excluding hydrogens is 599 g/mol. The zero-order chi connectivity index (χ0) is 32.3. The minimum absolute atomic E-state index is 0.605. The highest BCUT2D eigenvalue weighted by molar-refractivity contribution is 6.23. The van der Waals surface area contributed by atoms with E-state index in [0.717, 1.165) is 44.2 Å². The molecule has 0 saturated heterocycles. The van der Waals surface area contributed by atoms with E-state index in [1.807, 2.05) is 60.7 Å². The second-order valence-electron chi connectivity index (χ2n) is 12.4. The molecule has 0 N–H and O–H groups in total. The predicted octanol–water partition coefficient (Wildman–Crippen LogP) is 11.9. The Labute approximate surface area is 282 Å². The van der Waals surface area contributed by atoms with Crippen LogP contribution in [0.1, 0.15) is 0 Å². The first kappa shape index (κ1) is 27.5. The molecule has 0 spiro atoms. The van der Waals surface area contributed by atoms with Crippen LogP contribution in [-0.4, -0.2) is 15.0 Å². The standard InChI is InChI=1S/C45H27N3O/c1-2-13-29(14-3-1)43-46-44(48-45(47-43)37-21-11-23-40-42(37)36-20-8-9-22-39(36)49-40)32-17-10-16-30(26-32)38-27-31-15-5-6-18-33(31)35-25-24-28-12-4-7-19-34(28)41(35)38/h1-27H. The van der Waals surface area contributed by atoms with Gasteiger partial charge in [0.25, 0.3) is 0 Å². The molecule has 0 saturated carbocycles. The molecule has 4 heteroatoms. The number of nitrogens with zero attached hydrogens (tertiary/aromatic N) is 3. The lowest BCUT2D eigenvalue weighted by Crippen LogP contribution is -2.00. The minimum Gasteiger partial charge on any atom is -0.456 e. The first-order chi connectivity index (χ1) is 24.3. The molecular formula is C45H27N3O. The summed E-state index contributed by atoms with van der Waals surface area (Å²) in [5, 5.41) is 9.43. The highest BCUT2D eigenvalue weighted by Gasteiger charge is 2.19. The van der Waals surface area contributed by atoms with E-state index in [4.69, 9.17) is 19.4 Å². The lowest BCUT2D eigenvalue weighted by atomic mass is 9.89. The van der Waals surface area contributed by atoms with Crippen molar-refractivity contribution in [2.24, 2.45) is 0 Å². The number of aromatic nitrogens is 3. The summed E-state index contributed by atoms with van der Waals surface area (Å²) in [6.45, 7) is 0. The third-order valence-corrected chi connectivity index (χ3v) is 9.49. The Morgan fingerprint density at radius 3 is 1.84 bits per heavy atom. The van der Waals surface area contributed by atoms with E-state index in [9.17, 15) is 0 Å². The molecule has 0 aliphatic heterocycles. The summed E-state index contributed by atoms with van der Waals surface area (Å²) in [5.41, 5.74) is 6.69. The van der Waals surface area contributed by atoms with Gasteiger partial charge in [-0.05, 0) is 67.7 Å². The maximum atomic E-state index is 6.23. The van der Waals surface area contributed by atoms with Crippen LogP contribution in [0.3, 0.4) is 0 Å². The molecule has 0 fully saturated rings. The van der Waals surface area contributed by atoms with E-state index in [2.05, 4.69) is 103 Å². The smallest absolute Gasteiger partial charge is 0.164 e. The molecule has 49 heavy (non-hydrogen) atoms. The molecule has 0 unspecified atom stereocenters. The molecule has 228 valence electrons. The Balaban J connectivity index is 1.22. The SMILES string of the molecule is c1ccc(-c2nc(-c3cccc(-c4cc5ccccc5c5ccc6ccccc6c45)c3)nc(-c3cccc4oc5ccccc5c34)n2)cc1. The molecule has 2 aromatic heterocycles. The van der Waals surface area contributed by atoms with Crippen molar-refractivity contribution in [2.45, 2.75) is 0 Å². The zero-order valence-electron chi connectivity index (χ0n) is 26.3. The van der Waals surface area contributed by atoms with Crippen LogP contribution < -0.4 is 0 Å². The topological polar surface area (TPSA) is 51.8 Å². The lowest BCUT2D eigenvalue weighted by Gasteiger charge is -2.15. The first-order valence-corrected chi connectivity index (χ1v) is 16.4. The summed E-state index contributed by atoms with van der Waals surface area (Å²) in [5.74, 6) is 1.84. The quantitative estimate of drug-likeness (QED) is 0.183. The normalized spacial score (nSPS) is 11.7. The highest BCUT2D eigenvalue weighted by atomic mass is 16.3. The second-order valence-corrected chi connectivity index (χ2v) is 12.4. The van der Waals surface area contributed by atoms with Gasteiger partial charge in [0.1, 0.15) is 11.2 Å². The lowest BCUT2D eigenvalue weighted by molar-refractivity contribution is 0.669. The summed E-state index contributed by atoms with van der Waals surface area (Å²) >= 11 is 0. The molecule has 0 aliphatic carbocycles. The molecule has 8 aromatic carbocycles. The molecule has 0 aliphatic rings. The number of benzene rings is 8. The van der Waals surface area contributed by atoms with Gasteiger partial charge in [-0.3, -0.25) is 0 Å². The van der Waals surface area contributed by atoms with Crippen molar-refractivity contribution in [1.82, 2.24) is 15.0 Å². The molecule has 0 amide bonds. The van der Waals surface area contributed by atoms with Crippen LogP contribution >= 0.6 is 0 Å². The molecule has 0 atom stereocenters. The number of fused-ring (bicyclic) bond motifs is 8. The second kappa shape index (κ2) is 11.0. The number of furan rings is 1. The van der Waals surface area contributed by atoms with E-state index in [0.29, 0.717) is 17.5 Å². The van der Waals surface area contributed by atoms with Crippen LogP contribution in [0, 0.1) is 0 Å².